The third-order valence-electron chi connectivity index (χ3n) is 2.89. The van der Waals surface area contributed by atoms with E-state index in [-0.39, 0.29) is 22.8 Å². The molecule has 0 aliphatic carbocycles. The van der Waals surface area contributed by atoms with Crippen molar-refractivity contribution in [2.75, 3.05) is 24.7 Å². The van der Waals surface area contributed by atoms with Gasteiger partial charge in [0.25, 0.3) is 11.7 Å². The maximum absolute atomic E-state index is 13.8. The highest BCUT2D eigenvalue weighted by molar-refractivity contribution is 6.55. The number of ketones is 1. The summed E-state index contributed by atoms with van der Waals surface area (Å²) in [4.78, 5) is 24.8. The van der Waals surface area contributed by atoms with E-state index in [9.17, 15) is 14.0 Å². The summed E-state index contributed by atoms with van der Waals surface area (Å²) in [6.45, 7) is 3.11. The summed E-state index contributed by atoms with van der Waals surface area (Å²) < 4.78 is 19.0. The Balaban J connectivity index is 2.26. The van der Waals surface area contributed by atoms with Gasteiger partial charge < -0.3 is 9.64 Å². The van der Waals surface area contributed by atoms with Gasteiger partial charge in [0, 0.05) is 19.8 Å². The van der Waals surface area contributed by atoms with E-state index in [0.717, 1.165) is 11.0 Å². The topological polar surface area (TPSA) is 46.6 Å². The summed E-state index contributed by atoms with van der Waals surface area (Å²) in [5.41, 5.74) is -0.0536. The number of benzene rings is 1. The third kappa shape index (κ3) is 2.48. The Morgan fingerprint density at radius 3 is 2.79 bits per heavy atom. The zero-order valence-electron chi connectivity index (χ0n) is 10.4. The van der Waals surface area contributed by atoms with Crippen molar-refractivity contribution in [1.29, 1.82) is 0 Å². The lowest BCUT2D eigenvalue weighted by Crippen LogP contribution is -2.31. The summed E-state index contributed by atoms with van der Waals surface area (Å²) in [6.07, 6.45) is 0.526. The van der Waals surface area contributed by atoms with Crippen LogP contribution in [0.4, 0.5) is 10.1 Å². The summed E-state index contributed by atoms with van der Waals surface area (Å²) in [7, 11) is 0. The van der Waals surface area contributed by atoms with Crippen LogP contribution >= 0.6 is 11.6 Å². The zero-order chi connectivity index (χ0) is 14.0. The molecule has 4 nitrogen and oxygen atoms in total. The molecule has 0 radical (unpaired) electrons. The second kappa shape index (κ2) is 5.67. The van der Waals surface area contributed by atoms with Gasteiger partial charge in [0.1, 0.15) is 5.82 Å². The first kappa shape index (κ1) is 14.0. The van der Waals surface area contributed by atoms with Crippen molar-refractivity contribution in [3.63, 3.8) is 0 Å². The SMILES string of the molecule is CCOCCCN1C(=O)C(=O)c2c(Cl)ccc(F)c21. The largest absolute Gasteiger partial charge is 0.382 e. The quantitative estimate of drug-likeness (QED) is 0.617. The van der Waals surface area contributed by atoms with Crippen molar-refractivity contribution >= 4 is 29.0 Å². The monoisotopic (exact) mass is 285 g/mol. The van der Waals surface area contributed by atoms with Crippen molar-refractivity contribution in [3.8, 4) is 0 Å². The van der Waals surface area contributed by atoms with E-state index < -0.39 is 17.5 Å². The van der Waals surface area contributed by atoms with E-state index in [4.69, 9.17) is 16.3 Å². The van der Waals surface area contributed by atoms with Crippen LogP contribution < -0.4 is 4.90 Å². The minimum atomic E-state index is -0.754. The van der Waals surface area contributed by atoms with Crippen LogP contribution in [0.25, 0.3) is 0 Å². The number of carbonyl (C=O) groups is 2. The maximum Gasteiger partial charge on any atom is 0.299 e. The molecule has 1 aliphatic rings. The molecule has 0 saturated heterocycles. The highest BCUT2D eigenvalue weighted by Gasteiger charge is 2.39. The number of nitrogens with zero attached hydrogens (tertiary/aromatic N) is 1. The molecule has 0 bridgehead atoms. The number of anilines is 1. The highest BCUT2D eigenvalue weighted by atomic mass is 35.5. The van der Waals surface area contributed by atoms with Crippen molar-refractivity contribution in [2.24, 2.45) is 0 Å². The molecule has 19 heavy (non-hydrogen) atoms. The van der Waals surface area contributed by atoms with Gasteiger partial charge in [-0.2, -0.15) is 0 Å². The first-order valence-electron chi connectivity index (χ1n) is 5.99. The average Bonchev–Trinajstić information content (AvgIpc) is 2.65. The molecule has 1 aliphatic heterocycles. The molecule has 1 aromatic rings. The molecular formula is C13H13ClFNO3. The number of fused-ring (bicyclic) bond motifs is 1. The number of amides is 1. The van der Waals surface area contributed by atoms with Crippen molar-refractivity contribution in [1.82, 2.24) is 0 Å². The standard InChI is InChI=1S/C13H13ClFNO3/c1-2-19-7-3-6-16-11-9(15)5-4-8(14)10(11)12(17)13(16)18/h4-5H,2-3,6-7H2,1H3. The van der Waals surface area contributed by atoms with Gasteiger partial charge in [-0.05, 0) is 25.5 Å². The number of halogens is 2. The molecule has 1 aromatic carbocycles. The fourth-order valence-corrected chi connectivity index (χ4v) is 2.27. The van der Waals surface area contributed by atoms with Crippen molar-refractivity contribution < 1.29 is 18.7 Å². The van der Waals surface area contributed by atoms with Crippen molar-refractivity contribution in [2.45, 2.75) is 13.3 Å². The number of Topliss-reactive ketones (excluding diaryl/α,β-unsaturated/α-hetero) is 1. The van der Waals surface area contributed by atoms with Crippen LogP contribution in [0.15, 0.2) is 12.1 Å². The number of hydrogen-bond acceptors (Lipinski definition) is 3. The second-order valence-corrected chi connectivity index (χ2v) is 4.50. The molecular weight excluding hydrogens is 273 g/mol. The molecule has 0 N–H and O–H groups in total. The number of rotatable bonds is 5. The first-order valence-corrected chi connectivity index (χ1v) is 6.37. The molecule has 0 unspecified atom stereocenters. The normalized spacial score (nSPS) is 14.2. The van der Waals surface area contributed by atoms with E-state index >= 15 is 0 Å². The van der Waals surface area contributed by atoms with E-state index in [0.29, 0.717) is 19.6 Å². The smallest absolute Gasteiger partial charge is 0.299 e. The van der Waals surface area contributed by atoms with E-state index in [2.05, 4.69) is 0 Å². The lowest BCUT2D eigenvalue weighted by Gasteiger charge is -2.16. The summed E-state index contributed by atoms with van der Waals surface area (Å²) in [5.74, 6) is -2.11. The van der Waals surface area contributed by atoms with Crippen LogP contribution in [0.5, 0.6) is 0 Å². The Hall–Kier alpha value is -1.46. The van der Waals surface area contributed by atoms with Gasteiger partial charge in [0.15, 0.2) is 0 Å². The molecule has 0 atom stereocenters. The molecule has 0 aromatic heterocycles. The lowest BCUT2D eigenvalue weighted by molar-refractivity contribution is -0.114. The molecule has 1 amide bonds. The van der Waals surface area contributed by atoms with Crippen LogP contribution in [0.1, 0.15) is 23.7 Å². The maximum atomic E-state index is 13.8. The Kier molecular flexibility index (Phi) is 4.17. The molecule has 0 saturated carbocycles. The van der Waals surface area contributed by atoms with Gasteiger partial charge in [-0.1, -0.05) is 11.6 Å². The van der Waals surface area contributed by atoms with Crippen LogP contribution in [-0.2, 0) is 9.53 Å². The molecule has 2 rings (SSSR count). The van der Waals surface area contributed by atoms with Gasteiger partial charge in [0.05, 0.1) is 16.3 Å². The van der Waals surface area contributed by atoms with Gasteiger partial charge in [-0.25, -0.2) is 4.39 Å². The first-order chi connectivity index (χ1) is 9.07. The van der Waals surface area contributed by atoms with Gasteiger partial charge in [-0.15, -0.1) is 0 Å². The zero-order valence-corrected chi connectivity index (χ0v) is 11.2. The Morgan fingerprint density at radius 1 is 1.37 bits per heavy atom. The predicted octanol–water partition coefficient (Wildman–Crippen LogP) is 2.44. The number of carbonyl (C=O) groups excluding carboxylic acids is 2. The second-order valence-electron chi connectivity index (χ2n) is 4.09. The van der Waals surface area contributed by atoms with Crippen LogP contribution in [0, 0.1) is 5.82 Å². The summed E-state index contributed by atoms with van der Waals surface area (Å²) in [6, 6.07) is 2.44. The van der Waals surface area contributed by atoms with E-state index in [1.165, 1.54) is 6.07 Å². The van der Waals surface area contributed by atoms with Crippen molar-refractivity contribution in [3.05, 3.63) is 28.5 Å². The molecule has 102 valence electrons. The summed E-state index contributed by atoms with van der Waals surface area (Å²) >= 11 is 5.86. The van der Waals surface area contributed by atoms with Crippen LogP contribution in [-0.4, -0.2) is 31.4 Å². The minimum Gasteiger partial charge on any atom is -0.382 e. The fourth-order valence-electron chi connectivity index (χ4n) is 2.03. The van der Waals surface area contributed by atoms with Gasteiger partial charge >= 0.3 is 0 Å². The average molecular weight is 286 g/mol. The van der Waals surface area contributed by atoms with Gasteiger partial charge in [0.2, 0.25) is 0 Å². The lowest BCUT2D eigenvalue weighted by atomic mass is 10.1. The van der Waals surface area contributed by atoms with E-state index in [1.807, 2.05) is 6.92 Å². The summed E-state index contributed by atoms with van der Waals surface area (Å²) in [5, 5.41) is 0.0991. The Labute approximate surface area is 115 Å². The molecule has 6 heteroatoms. The number of ether oxygens (including phenoxy) is 1. The predicted molar refractivity (Wildman–Crippen MR) is 69.2 cm³/mol. The molecule has 0 fully saturated rings. The highest BCUT2D eigenvalue weighted by Crippen LogP contribution is 2.36. The molecule has 0 spiro atoms. The Morgan fingerprint density at radius 2 is 2.11 bits per heavy atom. The van der Waals surface area contributed by atoms with Crippen LogP contribution in [0.3, 0.4) is 0 Å². The van der Waals surface area contributed by atoms with Gasteiger partial charge in [-0.3, -0.25) is 9.59 Å². The van der Waals surface area contributed by atoms with Crippen LogP contribution in [0.2, 0.25) is 5.02 Å². The Bertz CT molecular complexity index is 533. The minimum absolute atomic E-state index is 0.0148. The number of hydrogen-bond donors (Lipinski definition) is 0. The third-order valence-corrected chi connectivity index (χ3v) is 3.20. The van der Waals surface area contributed by atoms with E-state index in [1.54, 1.807) is 0 Å². The molecule has 1 heterocycles. The fraction of sp³-hybridized carbons (Fsp3) is 0.385.